The molecule has 0 N–H and O–H groups in total. The summed E-state index contributed by atoms with van der Waals surface area (Å²) < 4.78 is 12.5. The third-order valence-corrected chi connectivity index (χ3v) is 10.1. The van der Waals surface area contributed by atoms with Gasteiger partial charge in [-0.1, -0.05) is 37.4 Å². The van der Waals surface area contributed by atoms with Crippen molar-refractivity contribution in [3.05, 3.63) is 40.4 Å². The van der Waals surface area contributed by atoms with Crippen LogP contribution >= 0.6 is 23.1 Å². The Hall–Kier alpha value is -1.72. The summed E-state index contributed by atoms with van der Waals surface area (Å²) in [6, 6.07) is 0.200. The summed E-state index contributed by atoms with van der Waals surface area (Å²) in [5.74, 6) is -0.854. The van der Waals surface area contributed by atoms with Gasteiger partial charge in [-0.05, 0) is 46.1 Å². The Bertz CT molecular complexity index is 1090. The van der Waals surface area contributed by atoms with E-state index in [1.54, 1.807) is 16.2 Å². The Morgan fingerprint density at radius 1 is 1.40 bits per heavy atom. The normalized spacial score (nSPS) is 27.6. The Kier molecular flexibility index (Phi) is 7.50. The number of esters is 1. The van der Waals surface area contributed by atoms with Gasteiger partial charge < -0.3 is 14.1 Å². The highest BCUT2D eigenvalue weighted by Gasteiger charge is 2.61. The third-order valence-electron chi connectivity index (χ3n) is 6.85. The summed E-state index contributed by atoms with van der Waals surface area (Å²) in [6.07, 6.45) is 3.55. The van der Waals surface area contributed by atoms with Crippen LogP contribution in [0.1, 0.15) is 26.5 Å². The van der Waals surface area contributed by atoms with E-state index in [1.165, 1.54) is 23.4 Å². The second kappa shape index (κ2) is 9.97. The van der Waals surface area contributed by atoms with Crippen molar-refractivity contribution in [1.82, 2.24) is 14.8 Å². The minimum absolute atomic E-state index is 0.0234. The van der Waals surface area contributed by atoms with Crippen molar-refractivity contribution in [1.29, 1.82) is 0 Å². The molecule has 0 aliphatic carbocycles. The number of thioether (sulfide) groups is 1. The number of aromatic nitrogens is 1. The van der Waals surface area contributed by atoms with E-state index >= 15 is 0 Å². The predicted octanol–water partition coefficient (Wildman–Crippen LogP) is 4.61. The molecule has 0 aromatic carbocycles. The summed E-state index contributed by atoms with van der Waals surface area (Å²) in [5.41, 5.74) is 2.55. The van der Waals surface area contributed by atoms with Gasteiger partial charge in [-0.2, -0.15) is 0 Å². The van der Waals surface area contributed by atoms with Crippen LogP contribution in [0, 0.1) is 11.8 Å². The molecule has 35 heavy (non-hydrogen) atoms. The van der Waals surface area contributed by atoms with Gasteiger partial charge in [-0.25, -0.2) is 9.78 Å². The maximum absolute atomic E-state index is 13.3. The lowest BCUT2D eigenvalue weighted by atomic mass is 9.79. The Morgan fingerprint density at radius 3 is 2.71 bits per heavy atom. The Balaban J connectivity index is 1.61. The van der Waals surface area contributed by atoms with E-state index in [4.69, 9.17) is 14.1 Å². The lowest BCUT2D eigenvalue weighted by Gasteiger charge is -2.48. The average Bonchev–Trinajstić information content (AvgIpc) is 3.42. The topological polar surface area (TPSA) is 72.0 Å². The second-order valence-electron chi connectivity index (χ2n) is 10.4. The average molecular weight is 534 g/mol. The number of hydrogen-bond acceptors (Lipinski definition) is 8. The lowest BCUT2D eigenvalue weighted by Crippen LogP contribution is -2.64. The van der Waals surface area contributed by atoms with Crippen LogP contribution < -0.4 is 0 Å². The van der Waals surface area contributed by atoms with Crippen LogP contribution in [0.15, 0.2) is 39.1 Å². The zero-order chi connectivity index (χ0) is 25.7. The molecule has 7 nitrogen and oxygen atoms in total. The number of nitrogens with zero attached hydrogens (tertiary/aromatic N) is 3. The van der Waals surface area contributed by atoms with E-state index in [0.29, 0.717) is 11.7 Å². The lowest BCUT2D eigenvalue weighted by molar-refractivity contribution is -0.163. The molecule has 3 aliphatic rings. The van der Waals surface area contributed by atoms with Crippen LogP contribution in [0.4, 0.5) is 0 Å². The summed E-state index contributed by atoms with van der Waals surface area (Å²) in [6.45, 7) is 17.3. The summed E-state index contributed by atoms with van der Waals surface area (Å²) in [4.78, 5) is 36.0. The first-order valence-electron chi connectivity index (χ1n) is 12.0. The molecule has 1 aromatic rings. The van der Waals surface area contributed by atoms with Gasteiger partial charge in [-0.15, -0.1) is 11.3 Å². The van der Waals surface area contributed by atoms with Crippen LogP contribution in [0.5, 0.6) is 0 Å². The summed E-state index contributed by atoms with van der Waals surface area (Å²) in [7, 11) is 0.278. The number of amides is 1. The maximum Gasteiger partial charge on any atom is 0.356 e. The number of carbonyl (C=O) groups excluding carboxylic acids is 2. The van der Waals surface area contributed by atoms with E-state index in [1.807, 2.05) is 6.92 Å². The maximum atomic E-state index is 13.3. The quantitative estimate of drug-likeness (QED) is 0.199. The van der Waals surface area contributed by atoms with Gasteiger partial charge in [0.25, 0.3) is 0 Å². The number of β-lactam (4-membered cyclic amide) rings is 1. The fraction of sp³-hybridized carbons (Fsp3) is 0.560. The highest BCUT2D eigenvalue weighted by atomic mass is 32.2. The van der Waals surface area contributed by atoms with Gasteiger partial charge in [0.1, 0.15) is 12.3 Å². The molecule has 190 valence electrons. The number of ether oxygens (including phenoxy) is 1. The highest BCUT2D eigenvalue weighted by molar-refractivity contribution is 8.04. The zero-order valence-corrected chi connectivity index (χ0v) is 24.2. The largest absolute Gasteiger partial charge is 0.457 e. The molecule has 1 aromatic heterocycles. The molecule has 0 radical (unpaired) electrons. The molecule has 1 amide bonds. The van der Waals surface area contributed by atoms with Gasteiger partial charge in [0.2, 0.25) is 5.91 Å². The first-order chi connectivity index (χ1) is 16.4. The van der Waals surface area contributed by atoms with E-state index in [0.717, 1.165) is 21.5 Å². The Labute approximate surface area is 217 Å². The van der Waals surface area contributed by atoms with Crippen LogP contribution in [0.2, 0.25) is 19.6 Å². The van der Waals surface area contributed by atoms with Crippen LogP contribution in [-0.4, -0.2) is 73.4 Å². The standard InChI is InChI=1S/C25H35N3O4S2Si/c1-9-12-31-24(30)21-22(34-25-26-18(13-33-25)17-10-11-27(5)15(17)3)14(2)20-19(23(29)28(20)21)16(4)32-35(6,7)8/h9-10,13-16,19-20H,1,11-12H2,2-8H3/t14-,15-,16-,19-,20-/m1/s1. The highest BCUT2D eigenvalue weighted by Crippen LogP contribution is 2.53. The van der Waals surface area contributed by atoms with Gasteiger partial charge in [0, 0.05) is 28.8 Å². The van der Waals surface area contributed by atoms with Crippen molar-refractivity contribution in [3.63, 3.8) is 0 Å². The summed E-state index contributed by atoms with van der Waals surface area (Å²) >= 11 is 3.05. The molecular weight excluding hydrogens is 499 g/mol. The molecule has 4 rings (SSSR count). The molecule has 0 saturated carbocycles. The number of rotatable bonds is 9. The van der Waals surface area contributed by atoms with Crippen LogP contribution in [0.25, 0.3) is 5.57 Å². The van der Waals surface area contributed by atoms with Crippen LogP contribution in [-0.2, 0) is 18.8 Å². The fourth-order valence-electron chi connectivity index (χ4n) is 5.13. The van der Waals surface area contributed by atoms with Gasteiger partial charge in [0.05, 0.1) is 23.8 Å². The minimum Gasteiger partial charge on any atom is -0.457 e. The van der Waals surface area contributed by atoms with Gasteiger partial charge in [0.15, 0.2) is 12.7 Å². The fourth-order valence-corrected chi connectivity index (χ4v) is 8.48. The number of likely N-dealkylation sites (N-methyl/N-ethyl adjacent to an activating group) is 1. The van der Waals surface area contributed by atoms with Crippen LogP contribution in [0.3, 0.4) is 0 Å². The van der Waals surface area contributed by atoms with Crippen molar-refractivity contribution in [3.8, 4) is 0 Å². The molecule has 0 unspecified atom stereocenters. The predicted molar refractivity (Wildman–Crippen MR) is 143 cm³/mol. The molecule has 1 fully saturated rings. The minimum atomic E-state index is -1.83. The van der Waals surface area contributed by atoms with E-state index in [-0.39, 0.29) is 36.5 Å². The van der Waals surface area contributed by atoms with E-state index in [9.17, 15) is 9.59 Å². The zero-order valence-electron chi connectivity index (χ0n) is 21.5. The monoisotopic (exact) mass is 533 g/mol. The molecule has 0 bridgehead atoms. The SMILES string of the molecule is C=CCOC(=O)C1=C(Sc2nc(C3=CCN(C)[C@@H]3C)cs2)[C@H](C)[C@@H]2[C@@H]([C@@H](C)O[Si](C)(C)C)C(=O)N12. The number of carbonyl (C=O) groups is 2. The molecule has 4 heterocycles. The first-order valence-corrected chi connectivity index (χ1v) is 17.1. The van der Waals surface area contributed by atoms with Crippen molar-refractivity contribution >= 4 is 48.9 Å². The molecule has 5 atom stereocenters. The first kappa shape index (κ1) is 26.3. The van der Waals surface area contributed by atoms with Crippen molar-refractivity contribution in [2.24, 2.45) is 11.8 Å². The Morgan fingerprint density at radius 2 is 2.11 bits per heavy atom. The van der Waals surface area contributed by atoms with Crippen molar-refractivity contribution < 1.29 is 18.8 Å². The smallest absolute Gasteiger partial charge is 0.356 e. The second-order valence-corrected chi connectivity index (χ2v) is 17.0. The molecule has 10 heteroatoms. The third kappa shape index (κ3) is 4.95. The number of fused-ring (bicyclic) bond motifs is 1. The number of hydrogen-bond donors (Lipinski definition) is 0. The molecule has 3 aliphatic heterocycles. The van der Waals surface area contributed by atoms with Crippen molar-refractivity contribution in [2.75, 3.05) is 20.2 Å². The van der Waals surface area contributed by atoms with E-state index in [2.05, 4.69) is 63.5 Å². The van der Waals surface area contributed by atoms with Crippen molar-refractivity contribution in [2.45, 2.75) is 62.9 Å². The molecule has 1 saturated heterocycles. The number of thiazole rings is 1. The molecule has 0 spiro atoms. The summed E-state index contributed by atoms with van der Waals surface area (Å²) in [5, 5.41) is 2.08. The molecular formula is C25H35N3O4S2Si. The van der Waals surface area contributed by atoms with Gasteiger partial charge in [-0.3, -0.25) is 9.69 Å². The van der Waals surface area contributed by atoms with Gasteiger partial charge >= 0.3 is 5.97 Å². The van der Waals surface area contributed by atoms with E-state index < -0.39 is 14.3 Å².